The molecule has 16 heavy (non-hydrogen) atoms. The molecule has 0 aliphatic carbocycles. The fraction of sp³-hybridized carbons (Fsp3) is 0.923. The van der Waals surface area contributed by atoms with Gasteiger partial charge in [-0.1, -0.05) is 58.3 Å². The summed E-state index contributed by atoms with van der Waals surface area (Å²) in [5.74, 6) is 0. The molecule has 96 valence electrons. The molecule has 0 aromatic heterocycles. The molecule has 0 fully saturated rings. The molecule has 0 spiro atoms. The van der Waals surface area contributed by atoms with E-state index in [0.717, 1.165) is 13.0 Å². The highest BCUT2D eigenvalue weighted by Gasteiger charge is 1.96. The molecule has 0 radical (unpaired) electrons. The molecule has 0 aromatic carbocycles. The van der Waals surface area contributed by atoms with Crippen LogP contribution in [-0.2, 0) is 4.74 Å². The van der Waals surface area contributed by atoms with E-state index in [-0.39, 0.29) is 6.09 Å². The van der Waals surface area contributed by atoms with Gasteiger partial charge in [0, 0.05) is 6.54 Å². The van der Waals surface area contributed by atoms with Crippen molar-refractivity contribution in [2.45, 2.75) is 64.7 Å². The maximum atomic E-state index is 10.7. The van der Waals surface area contributed by atoms with Gasteiger partial charge in [0.15, 0.2) is 0 Å². The molecular weight excluding hydrogens is 202 g/mol. The molecule has 0 unspecified atom stereocenters. The largest absolute Gasteiger partial charge is 0.453 e. The highest BCUT2D eigenvalue weighted by Crippen LogP contribution is 2.09. The normalized spacial score (nSPS) is 10.1. The van der Waals surface area contributed by atoms with E-state index in [1.807, 2.05) is 0 Å². The predicted octanol–water partition coefficient (Wildman–Crippen LogP) is 3.87. The number of hydrogen-bond donors (Lipinski definition) is 1. The third-order valence-corrected chi connectivity index (χ3v) is 2.74. The summed E-state index contributed by atoms with van der Waals surface area (Å²) in [4.78, 5) is 10.7. The van der Waals surface area contributed by atoms with Crippen LogP contribution in [0.4, 0.5) is 4.79 Å². The first-order valence-corrected chi connectivity index (χ1v) is 6.63. The molecule has 0 rings (SSSR count). The van der Waals surface area contributed by atoms with Gasteiger partial charge in [-0.15, -0.1) is 0 Å². The monoisotopic (exact) mass is 229 g/mol. The number of carbonyl (C=O) groups is 1. The number of methoxy groups -OCH3 is 1. The zero-order chi connectivity index (χ0) is 12.1. The van der Waals surface area contributed by atoms with Gasteiger partial charge in [-0.25, -0.2) is 4.79 Å². The number of amides is 1. The Labute approximate surface area is 99.9 Å². The summed E-state index contributed by atoms with van der Waals surface area (Å²) >= 11 is 0. The fourth-order valence-electron chi connectivity index (χ4n) is 1.70. The number of ether oxygens (including phenoxy) is 1. The van der Waals surface area contributed by atoms with Gasteiger partial charge in [0.05, 0.1) is 7.11 Å². The van der Waals surface area contributed by atoms with Crippen molar-refractivity contribution in [3.8, 4) is 0 Å². The minimum Gasteiger partial charge on any atom is -0.453 e. The van der Waals surface area contributed by atoms with E-state index in [2.05, 4.69) is 17.0 Å². The average Bonchev–Trinajstić information content (AvgIpc) is 2.31. The van der Waals surface area contributed by atoms with E-state index in [1.165, 1.54) is 58.5 Å². The van der Waals surface area contributed by atoms with Crippen molar-refractivity contribution in [3.63, 3.8) is 0 Å². The van der Waals surface area contributed by atoms with E-state index < -0.39 is 0 Å². The lowest BCUT2D eigenvalue weighted by atomic mass is 10.1. The Bertz CT molecular complexity index is 160. The topological polar surface area (TPSA) is 38.3 Å². The van der Waals surface area contributed by atoms with Crippen LogP contribution in [0.25, 0.3) is 0 Å². The van der Waals surface area contributed by atoms with Gasteiger partial charge in [0.1, 0.15) is 0 Å². The standard InChI is InChI=1S/C13H27NO2/c1-3-4-5-6-7-8-9-10-11-12-14-13(15)16-2/h3-12H2,1-2H3,(H,14,15). The molecule has 0 bridgehead atoms. The molecule has 3 heteroatoms. The first-order valence-electron chi connectivity index (χ1n) is 6.63. The molecule has 0 atom stereocenters. The lowest BCUT2D eigenvalue weighted by molar-refractivity contribution is 0.171. The van der Waals surface area contributed by atoms with Crippen molar-refractivity contribution in [2.75, 3.05) is 13.7 Å². The summed E-state index contributed by atoms with van der Waals surface area (Å²) in [5, 5.41) is 2.69. The van der Waals surface area contributed by atoms with Gasteiger partial charge in [-0.3, -0.25) is 0 Å². The van der Waals surface area contributed by atoms with Crippen molar-refractivity contribution >= 4 is 6.09 Å². The molecule has 1 N–H and O–H groups in total. The number of carbonyl (C=O) groups excluding carboxylic acids is 1. The van der Waals surface area contributed by atoms with E-state index in [4.69, 9.17) is 0 Å². The molecule has 0 aromatic rings. The van der Waals surface area contributed by atoms with E-state index in [1.54, 1.807) is 0 Å². The molecule has 0 saturated carbocycles. The molecule has 0 aliphatic heterocycles. The number of hydrogen-bond acceptors (Lipinski definition) is 2. The van der Waals surface area contributed by atoms with Crippen LogP contribution in [0.3, 0.4) is 0 Å². The van der Waals surface area contributed by atoms with Gasteiger partial charge in [0.2, 0.25) is 0 Å². The van der Waals surface area contributed by atoms with E-state index >= 15 is 0 Å². The number of rotatable bonds is 10. The van der Waals surface area contributed by atoms with Gasteiger partial charge in [-0.2, -0.15) is 0 Å². The molecule has 0 heterocycles. The van der Waals surface area contributed by atoms with Crippen LogP contribution in [0.2, 0.25) is 0 Å². The molecule has 0 saturated heterocycles. The summed E-state index contributed by atoms with van der Waals surface area (Å²) in [6.07, 6.45) is 11.4. The zero-order valence-corrected chi connectivity index (χ0v) is 10.9. The zero-order valence-electron chi connectivity index (χ0n) is 10.9. The van der Waals surface area contributed by atoms with Crippen LogP contribution in [-0.4, -0.2) is 19.7 Å². The summed E-state index contributed by atoms with van der Waals surface area (Å²) in [6.45, 7) is 2.98. The van der Waals surface area contributed by atoms with Crippen LogP contribution >= 0.6 is 0 Å². The quantitative estimate of drug-likeness (QED) is 0.577. The van der Waals surface area contributed by atoms with Crippen molar-refractivity contribution in [2.24, 2.45) is 0 Å². The summed E-state index contributed by atoms with van der Waals surface area (Å²) in [7, 11) is 1.39. The Balaban J connectivity index is 2.96. The minimum atomic E-state index is -0.320. The second-order valence-corrected chi connectivity index (χ2v) is 4.25. The van der Waals surface area contributed by atoms with Gasteiger partial charge in [0.25, 0.3) is 0 Å². The number of unbranched alkanes of at least 4 members (excludes halogenated alkanes) is 8. The van der Waals surface area contributed by atoms with Gasteiger partial charge in [-0.05, 0) is 6.42 Å². The summed E-state index contributed by atoms with van der Waals surface area (Å²) in [5.41, 5.74) is 0. The Morgan fingerprint density at radius 3 is 1.94 bits per heavy atom. The predicted molar refractivity (Wildman–Crippen MR) is 67.6 cm³/mol. The lowest BCUT2D eigenvalue weighted by Gasteiger charge is -2.03. The smallest absolute Gasteiger partial charge is 0.406 e. The van der Waals surface area contributed by atoms with Crippen LogP contribution in [0.1, 0.15) is 64.7 Å². The molecule has 3 nitrogen and oxygen atoms in total. The van der Waals surface area contributed by atoms with Gasteiger partial charge >= 0.3 is 6.09 Å². The number of nitrogens with one attached hydrogen (secondary N) is 1. The third-order valence-electron chi connectivity index (χ3n) is 2.74. The maximum Gasteiger partial charge on any atom is 0.406 e. The molecule has 0 aliphatic rings. The Morgan fingerprint density at radius 1 is 0.938 bits per heavy atom. The third kappa shape index (κ3) is 11.3. The Hall–Kier alpha value is -0.730. The van der Waals surface area contributed by atoms with Gasteiger partial charge < -0.3 is 10.1 Å². The van der Waals surface area contributed by atoms with Crippen molar-refractivity contribution in [3.05, 3.63) is 0 Å². The highest BCUT2D eigenvalue weighted by atomic mass is 16.5. The first kappa shape index (κ1) is 15.3. The van der Waals surface area contributed by atoms with Crippen LogP contribution in [0.5, 0.6) is 0 Å². The second kappa shape index (κ2) is 12.3. The highest BCUT2D eigenvalue weighted by molar-refractivity contribution is 5.66. The summed E-state index contributed by atoms with van der Waals surface area (Å²) < 4.78 is 4.48. The van der Waals surface area contributed by atoms with E-state index in [9.17, 15) is 4.79 Å². The number of alkyl carbamates (subject to hydrolysis) is 1. The Morgan fingerprint density at radius 2 is 1.44 bits per heavy atom. The van der Waals surface area contributed by atoms with Crippen LogP contribution < -0.4 is 5.32 Å². The van der Waals surface area contributed by atoms with Crippen molar-refractivity contribution in [1.82, 2.24) is 5.32 Å². The lowest BCUT2D eigenvalue weighted by Crippen LogP contribution is -2.23. The second-order valence-electron chi connectivity index (χ2n) is 4.25. The SMILES string of the molecule is CCCCCCCCCCCNC(=O)OC. The van der Waals surface area contributed by atoms with Crippen LogP contribution in [0, 0.1) is 0 Å². The Kier molecular flexibility index (Phi) is 11.8. The minimum absolute atomic E-state index is 0.320. The summed E-state index contributed by atoms with van der Waals surface area (Å²) in [6, 6.07) is 0. The average molecular weight is 229 g/mol. The fourth-order valence-corrected chi connectivity index (χ4v) is 1.70. The van der Waals surface area contributed by atoms with Crippen molar-refractivity contribution < 1.29 is 9.53 Å². The molecule has 1 amide bonds. The van der Waals surface area contributed by atoms with Crippen molar-refractivity contribution in [1.29, 1.82) is 0 Å². The maximum absolute atomic E-state index is 10.7. The first-order chi connectivity index (χ1) is 7.81. The van der Waals surface area contributed by atoms with E-state index in [0.29, 0.717) is 0 Å². The molecular formula is C13H27NO2. The van der Waals surface area contributed by atoms with Crippen LogP contribution in [0.15, 0.2) is 0 Å².